The number of piperidine rings is 1. The second kappa shape index (κ2) is 8.68. The summed E-state index contributed by atoms with van der Waals surface area (Å²) in [4.78, 5) is 26.4. The predicted octanol–water partition coefficient (Wildman–Crippen LogP) is 1.46. The summed E-state index contributed by atoms with van der Waals surface area (Å²) >= 11 is 0. The van der Waals surface area contributed by atoms with Gasteiger partial charge in [0.05, 0.1) is 7.11 Å². The Labute approximate surface area is 143 Å². The van der Waals surface area contributed by atoms with Crippen molar-refractivity contribution in [2.24, 2.45) is 5.73 Å². The minimum absolute atomic E-state index is 0.00826. The molecular weight excluding hydrogens is 306 g/mol. The highest BCUT2D eigenvalue weighted by Gasteiger charge is 2.28. The fourth-order valence-electron chi connectivity index (χ4n) is 3.05. The van der Waals surface area contributed by atoms with E-state index in [1.165, 1.54) is 0 Å². The third-order valence-electron chi connectivity index (χ3n) is 4.45. The van der Waals surface area contributed by atoms with Crippen molar-refractivity contribution in [2.45, 2.75) is 38.6 Å². The number of nitrogens with zero attached hydrogens (tertiary/aromatic N) is 1. The lowest BCUT2D eigenvalue weighted by atomic mass is 10.00. The molecule has 6 heteroatoms. The van der Waals surface area contributed by atoms with Crippen LogP contribution in [0.5, 0.6) is 5.75 Å². The largest absolute Gasteiger partial charge is 0.496 e. The zero-order valence-electron chi connectivity index (χ0n) is 14.5. The standard InChI is InChI=1S/C18H27N3O3/c1-13-6-7-14(11-16(13)24-2)18(23)21-10-4-3-5-15(21)12-20-17(22)8-9-19/h6-7,11,15H,3-5,8-10,12,19H2,1-2H3,(H,20,22). The molecule has 0 bridgehead atoms. The Morgan fingerprint density at radius 2 is 2.17 bits per heavy atom. The summed E-state index contributed by atoms with van der Waals surface area (Å²) in [6.07, 6.45) is 3.27. The van der Waals surface area contributed by atoms with Crippen LogP contribution in [0.1, 0.15) is 41.6 Å². The average Bonchev–Trinajstić information content (AvgIpc) is 2.60. The number of benzene rings is 1. The Morgan fingerprint density at radius 1 is 1.38 bits per heavy atom. The Morgan fingerprint density at radius 3 is 2.88 bits per heavy atom. The van der Waals surface area contributed by atoms with Gasteiger partial charge < -0.3 is 20.7 Å². The van der Waals surface area contributed by atoms with E-state index < -0.39 is 0 Å². The molecule has 1 aromatic rings. The molecule has 0 aliphatic carbocycles. The van der Waals surface area contributed by atoms with Gasteiger partial charge >= 0.3 is 0 Å². The first-order valence-corrected chi connectivity index (χ1v) is 8.49. The molecule has 1 unspecified atom stereocenters. The van der Waals surface area contributed by atoms with Gasteiger partial charge in [0.1, 0.15) is 5.75 Å². The first-order chi connectivity index (χ1) is 11.6. The second-order valence-corrected chi connectivity index (χ2v) is 6.18. The Bertz CT molecular complexity index is 589. The van der Waals surface area contributed by atoms with Crippen molar-refractivity contribution < 1.29 is 14.3 Å². The number of carbonyl (C=O) groups is 2. The minimum atomic E-state index is -0.0625. The smallest absolute Gasteiger partial charge is 0.254 e. The molecule has 0 aromatic heterocycles. The molecule has 2 rings (SSSR count). The van der Waals surface area contributed by atoms with Crippen molar-refractivity contribution in [2.75, 3.05) is 26.7 Å². The number of carbonyl (C=O) groups excluding carboxylic acids is 2. The highest BCUT2D eigenvalue weighted by atomic mass is 16.5. The van der Waals surface area contributed by atoms with Crippen LogP contribution in [0.2, 0.25) is 0 Å². The topological polar surface area (TPSA) is 84.7 Å². The predicted molar refractivity (Wildman–Crippen MR) is 93.1 cm³/mol. The van der Waals surface area contributed by atoms with E-state index in [4.69, 9.17) is 10.5 Å². The van der Waals surface area contributed by atoms with Gasteiger partial charge in [0.2, 0.25) is 5.91 Å². The molecule has 0 saturated carbocycles. The van der Waals surface area contributed by atoms with E-state index in [0.29, 0.717) is 37.4 Å². The Balaban J connectivity index is 2.08. The normalized spacial score (nSPS) is 17.5. The second-order valence-electron chi connectivity index (χ2n) is 6.18. The lowest BCUT2D eigenvalue weighted by Crippen LogP contribution is -2.49. The van der Waals surface area contributed by atoms with Gasteiger partial charge in [-0.3, -0.25) is 9.59 Å². The summed E-state index contributed by atoms with van der Waals surface area (Å²) in [5.41, 5.74) is 7.01. The van der Waals surface area contributed by atoms with Crippen molar-refractivity contribution in [1.82, 2.24) is 10.2 Å². The molecule has 24 heavy (non-hydrogen) atoms. The fraction of sp³-hybridized carbons (Fsp3) is 0.556. The van der Waals surface area contributed by atoms with Crippen LogP contribution in [0, 0.1) is 6.92 Å². The maximum absolute atomic E-state index is 12.9. The molecule has 6 nitrogen and oxygen atoms in total. The summed E-state index contributed by atoms with van der Waals surface area (Å²) < 4.78 is 5.32. The van der Waals surface area contributed by atoms with Crippen LogP contribution in [0.4, 0.5) is 0 Å². The van der Waals surface area contributed by atoms with Crippen molar-refractivity contribution in [1.29, 1.82) is 0 Å². The number of amides is 2. The number of aryl methyl sites for hydroxylation is 1. The van der Waals surface area contributed by atoms with Gasteiger partial charge in [0.15, 0.2) is 0 Å². The van der Waals surface area contributed by atoms with Gasteiger partial charge in [-0.25, -0.2) is 0 Å². The molecular formula is C18H27N3O3. The van der Waals surface area contributed by atoms with Crippen molar-refractivity contribution in [3.63, 3.8) is 0 Å². The first kappa shape index (κ1) is 18.3. The fourth-order valence-corrected chi connectivity index (χ4v) is 3.05. The van der Waals surface area contributed by atoms with E-state index in [9.17, 15) is 9.59 Å². The van der Waals surface area contributed by atoms with Crippen LogP contribution in [0.3, 0.4) is 0 Å². The monoisotopic (exact) mass is 333 g/mol. The zero-order chi connectivity index (χ0) is 17.5. The summed E-state index contributed by atoms with van der Waals surface area (Å²) in [7, 11) is 1.60. The van der Waals surface area contributed by atoms with Gasteiger partial charge in [0, 0.05) is 37.7 Å². The van der Waals surface area contributed by atoms with Crippen LogP contribution in [-0.2, 0) is 4.79 Å². The van der Waals surface area contributed by atoms with E-state index in [1.54, 1.807) is 13.2 Å². The van der Waals surface area contributed by atoms with Crippen LogP contribution in [0.25, 0.3) is 0 Å². The van der Waals surface area contributed by atoms with E-state index in [0.717, 1.165) is 24.8 Å². The summed E-state index contributed by atoms with van der Waals surface area (Å²) in [6.45, 7) is 3.48. The molecule has 1 heterocycles. The number of nitrogens with one attached hydrogen (secondary N) is 1. The molecule has 132 valence electrons. The molecule has 1 aliphatic heterocycles. The molecule has 1 aliphatic rings. The molecule has 2 amide bonds. The zero-order valence-corrected chi connectivity index (χ0v) is 14.5. The number of hydrogen-bond donors (Lipinski definition) is 2. The molecule has 0 spiro atoms. The third kappa shape index (κ3) is 4.47. The molecule has 1 saturated heterocycles. The Hall–Kier alpha value is -2.08. The molecule has 1 fully saturated rings. The van der Waals surface area contributed by atoms with Gasteiger partial charge in [0.25, 0.3) is 5.91 Å². The summed E-state index contributed by atoms with van der Waals surface area (Å²) in [5, 5.41) is 2.88. The van der Waals surface area contributed by atoms with Crippen molar-refractivity contribution in [3.05, 3.63) is 29.3 Å². The Kier molecular flexibility index (Phi) is 6.61. The van der Waals surface area contributed by atoms with E-state index in [2.05, 4.69) is 5.32 Å². The van der Waals surface area contributed by atoms with Crippen LogP contribution in [0.15, 0.2) is 18.2 Å². The highest BCUT2D eigenvalue weighted by molar-refractivity contribution is 5.95. The van der Waals surface area contributed by atoms with Gasteiger partial charge in [-0.1, -0.05) is 6.07 Å². The molecule has 1 atom stereocenters. The molecule has 3 N–H and O–H groups in total. The van der Waals surface area contributed by atoms with Crippen molar-refractivity contribution >= 4 is 11.8 Å². The van der Waals surface area contributed by atoms with Crippen molar-refractivity contribution in [3.8, 4) is 5.75 Å². The number of methoxy groups -OCH3 is 1. The van der Waals surface area contributed by atoms with Crippen LogP contribution in [-0.4, -0.2) is 49.5 Å². The SMILES string of the molecule is COc1cc(C(=O)N2CCCCC2CNC(=O)CCN)ccc1C. The van der Waals surface area contributed by atoms with Crippen LogP contribution < -0.4 is 15.8 Å². The van der Waals surface area contributed by atoms with Gasteiger partial charge in [-0.15, -0.1) is 0 Å². The number of likely N-dealkylation sites (tertiary alicyclic amines) is 1. The highest BCUT2D eigenvalue weighted by Crippen LogP contribution is 2.23. The minimum Gasteiger partial charge on any atom is -0.496 e. The average molecular weight is 333 g/mol. The number of nitrogens with two attached hydrogens (primary N) is 1. The number of ether oxygens (including phenoxy) is 1. The van der Waals surface area contributed by atoms with E-state index in [-0.39, 0.29) is 17.9 Å². The molecule has 1 aromatic carbocycles. The quantitative estimate of drug-likeness (QED) is 0.825. The third-order valence-corrected chi connectivity index (χ3v) is 4.45. The number of rotatable bonds is 6. The van der Waals surface area contributed by atoms with Gasteiger partial charge in [-0.2, -0.15) is 0 Å². The number of hydrogen-bond acceptors (Lipinski definition) is 4. The van der Waals surface area contributed by atoms with Crippen LogP contribution >= 0.6 is 0 Å². The lowest BCUT2D eigenvalue weighted by molar-refractivity contribution is -0.121. The summed E-state index contributed by atoms with van der Waals surface area (Å²) in [5.74, 6) is 0.643. The van der Waals surface area contributed by atoms with Gasteiger partial charge in [-0.05, 0) is 43.9 Å². The van der Waals surface area contributed by atoms with E-state index in [1.807, 2.05) is 24.0 Å². The molecule has 0 radical (unpaired) electrons. The summed E-state index contributed by atoms with van der Waals surface area (Å²) in [6, 6.07) is 5.55. The maximum Gasteiger partial charge on any atom is 0.254 e. The lowest BCUT2D eigenvalue weighted by Gasteiger charge is -2.36. The first-order valence-electron chi connectivity index (χ1n) is 8.49. The van der Waals surface area contributed by atoms with E-state index >= 15 is 0 Å². The maximum atomic E-state index is 12.9.